The maximum Gasteiger partial charge on any atom is 0.488 e. The summed E-state index contributed by atoms with van der Waals surface area (Å²) < 4.78 is 11.0. The minimum absolute atomic E-state index is 0.269. The van der Waals surface area contributed by atoms with Crippen molar-refractivity contribution < 1.29 is 19.5 Å². The van der Waals surface area contributed by atoms with Gasteiger partial charge >= 0.3 is 7.12 Å². The van der Waals surface area contributed by atoms with Crippen molar-refractivity contribution in [2.24, 2.45) is 0 Å². The van der Waals surface area contributed by atoms with Crippen LogP contribution in [0, 0.1) is 0 Å². The van der Waals surface area contributed by atoms with Gasteiger partial charge in [-0.1, -0.05) is 25.5 Å². The first-order valence-electron chi connectivity index (χ1n) is 6.34. The van der Waals surface area contributed by atoms with Gasteiger partial charge in [0.1, 0.15) is 12.4 Å². The van der Waals surface area contributed by atoms with Crippen LogP contribution >= 0.6 is 0 Å². The molecule has 0 radical (unpaired) electrons. The van der Waals surface area contributed by atoms with Crippen molar-refractivity contribution >= 4 is 12.6 Å². The molecule has 5 heteroatoms. The zero-order chi connectivity index (χ0) is 13.4. The Morgan fingerprint density at radius 1 is 1.17 bits per heavy atom. The van der Waals surface area contributed by atoms with Crippen LogP contribution in [0.5, 0.6) is 5.75 Å². The molecule has 1 atom stereocenters. The van der Waals surface area contributed by atoms with E-state index < -0.39 is 7.12 Å². The van der Waals surface area contributed by atoms with Gasteiger partial charge in [-0.15, -0.1) is 0 Å². The Bertz CT molecular complexity index is 326. The zero-order valence-corrected chi connectivity index (χ0v) is 11.0. The first-order chi connectivity index (χ1) is 8.63. The highest BCUT2D eigenvalue weighted by molar-refractivity contribution is 6.58. The van der Waals surface area contributed by atoms with Crippen molar-refractivity contribution in [2.45, 2.75) is 32.8 Å². The van der Waals surface area contributed by atoms with Crippen molar-refractivity contribution in [3.8, 4) is 5.75 Å². The van der Waals surface area contributed by atoms with Crippen LogP contribution in [0.2, 0.25) is 0 Å². The lowest BCUT2D eigenvalue weighted by Gasteiger charge is -2.12. The molecule has 1 aromatic rings. The predicted molar refractivity (Wildman–Crippen MR) is 72.1 cm³/mol. The molecule has 0 spiro atoms. The van der Waals surface area contributed by atoms with Gasteiger partial charge < -0.3 is 19.5 Å². The van der Waals surface area contributed by atoms with Gasteiger partial charge in [-0.05, 0) is 30.9 Å². The second kappa shape index (κ2) is 8.13. The van der Waals surface area contributed by atoms with Crippen LogP contribution in [0.1, 0.15) is 26.7 Å². The van der Waals surface area contributed by atoms with Gasteiger partial charge in [0, 0.05) is 0 Å². The van der Waals surface area contributed by atoms with E-state index in [0.29, 0.717) is 24.4 Å². The third kappa shape index (κ3) is 5.53. The van der Waals surface area contributed by atoms with Crippen LogP contribution in [0.3, 0.4) is 0 Å². The van der Waals surface area contributed by atoms with E-state index in [1.807, 2.05) is 0 Å². The lowest BCUT2D eigenvalue weighted by atomic mass is 9.80. The fourth-order valence-electron chi connectivity index (χ4n) is 1.63. The average molecular weight is 252 g/mol. The van der Waals surface area contributed by atoms with Crippen LogP contribution in [0.15, 0.2) is 24.3 Å². The van der Waals surface area contributed by atoms with Crippen molar-refractivity contribution in [1.82, 2.24) is 0 Å². The fraction of sp³-hybridized carbons (Fsp3) is 0.538. The maximum atomic E-state index is 8.94. The molecular weight excluding hydrogens is 231 g/mol. The molecule has 4 nitrogen and oxygen atoms in total. The van der Waals surface area contributed by atoms with E-state index in [9.17, 15) is 0 Å². The van der Waals surface area contributed by atoms with Gasteiger partial charge in [-0.3, -0.25) is 0 Å². The first-order valence-corrected chi connectivity index (χ1v) is 6.34. The molecule has 100 valence electrons. The van der Waals surface area contributed by atoms with E-state index in [2.05, 4.69) is 13.8 Å². The number of rotatable bonds is 8. The van der Waals surface area contributed by atoms with Crippen LogP contribution in [0.4, 0.5) is 0 Å². The SMILES string of the molecule is CCCC(C)OCCOc1ccc(B(O)O)cc1. The van der Waals surface area contributed by atoms with E-state index in [-0.39, 0.29) is 6.10 Å². The summed E-state index contributed by atoms with van der Waals surface area (Å²) in [5, 5.41) is 17.9. The average Bonchev–Trinajstić information content (AvgIpc) is 2.35. The molecule has 1 aromatic carbocycles. The van der Waals surface area contributed by atoms with Crippen LogP contribution in [-0.2, 0) is 4.74 Å². The number of benzene rings is 1. The first kappa shape index (κ1) is 15.0. The highest BCUT2D eigenvalue weighted by atomic mass is 16.5. The lowest BCUT2D eigenvalue weighted by molar-refractivity contribution is 0.0395. The molecule has 0 aliphatic rings. The molecule has 18 heavy (non-hydrogen) atoms. The second-order valence-corrected chi connectivity index (χ2v) is 4.26. The van der Waals surface area contributed by atoms with E-state index in [0.717, 1.165) is 12.8 Å². The fourth-order valence-corrected chi connectivity index (χ4v) is 1.63. The summed E-state index contributed by atoms with van der Waals surface area (Å²) in [7, 11) is -1.43. The molecule has 0 aliphatic carbocycles. The summed E-state index contributed by atoms with van der Waals surface area (Å²) in [6.45, 7) is 5.25. The predicted octanol–water partition coefficient (Wildman–Crippen LogP) is 0.950. The van der Waals surface area contributed by atoms with E-state index >= 15 is 0 Å². The Labute approximate surface area is 109 Å². The number of hydrogen-bond donors (Lipinski definition) is 2. The van der Waals surface area contributed by atoms with Gasteiger partial charge in [0.05, 0.1) is 12.7 Å². The third-order valence-corrected chi connectivity index (χ3v) is 2.63. The smallest absolute Gasteiger partial charge is 0.488 e. The Morgan fingerprint density at radius 2 is 1.83 bits per heavy atom. The quantitative estimate of drug-likeness (QED) is 0.534. The topological polar surface area (TPSA) is 58.9 Å². The van der Waals surface area contributed by atoms with Gasteiger partial charge in [-0.25, -0.2) is 0 Å². The Kier molecular flexibility index (Phi) is 6.79. The van der Waals surface area contributed by atoms with E-state index in [4.69, 9.17) is 19.5 Å². The van der Waals surface area contributed by atoms with Crippen molar-refractivity contribution in [1.29, 1.82) is 0 Å². The Balaban J connectivity index is 2.23. The normalized spacial score (nSPS) is 12.2. The third-order valence-electron chi connectivity index (χ3n) is 2.63. The summed E-state index contributed by atoms with van der Waals surface area (Å²) in [6, 6.07) is 6.68. The van der Waals surface area contributed by atoms with Crippen molar-refractivity contribution in [3.63, 3.8) is 0 Å². The van der Waals surface area contributed by atoms with E-state index in [1.54, 1.807) is 24.3 Å². The Morgan fingerprint density at radius 3 is 2.39 bits per heavy atom. The standard InChI is InChI=1S/C13H21BO4/c1-3-4-11(2)17-9-10-18-13-7-5-12(6-8-13)14(15)16/h5-8,11,15-16H,3-4,9-10H2,1-2H3. The molecule has 1 unspecified atom stereocenters. The lowest BCUT2D eigenvalue weighted by Crippen LogP contribution is -2.29. The molecule has 0 bridgehead atoms. The second-order valence-electron chi connectivity index (χ2n) is 4.26. The highest BCUT2D eigenvalue weighted by Gasteiger charge is 2.09. The Hall–Kier alpha value is -1.04. The molecule has 0 saturated carbocycles. The molecule has 0 amide bonds. The van der Waals surface area contributed by atoms with Gasteiger partial charge in [0.15, 0.2) is 0 Å². The summed E-state index contributed by atoms with van der Waals surface area (Å²) in [5.41, 5.74) is 0.454. The zero-order valence-electron chi connectivity index (χ0n) is 11.0. The molecule has 0 fully saturated rings. The van der Waals surface area contributed by atoms with Gasteiger partial charge in [0.25, 0.3) is 0 Å². The number of ether oxygens (including phenoxy) is 2. The van der Waals surface area contributed by atoms with Gasteiger partial charge in [-0.2, -0.15) is 0 Å². The molecule has 0 heterocycles. The van der Waals surface area contributed by atoms with Crippen LogP contribution in [0.25, 0.3) is 0 Å². The summed E-state index contributed by atoms with van der Waals surface area (Å²) in [6.07, 6.45) is 2.45. The van der Waals surface area contributed by atoms with Crippen LogP contribution < -0.4 is 10.2 Å². The maximum absolute atomic E-state index is 8.94. The van der Waals surface area contributed by atoms with Gasteiger partial charge in [0.2, 0.25) is 0 Å². The molecule has 1 rings (SSSR count). The van der Waals surface area contributed by atoms with E-state index in [1.165, 1.54) is 0 Å². The van der Waals surface area contributed by atoms with Crippen molar-refractivity contribution in [2.75, 3.05) is 13.2 Å². The number of hydrogen-bond acceptors (Lipinski definition) is 4. The minimum atomic E-state index is -1.43. The van der Waals surface area contributed by atoms with Crippen molar-refractivity contribution in [3.05, 3.63) is 24.3 Å². The molecule has 2 N–H and O–H groups in total. The monoisotopic (exact) mass is 252 g/mol. The minimum Gasteiger partial charge on any atom is -0.491 e. The highest BCUT2D eigenvalue weighted by Crippen LogP contribution is 2.08. The summed E-state index contributed by atoms with van der Waals surface area (Å²) >= 11 is 0. The molecule has 0 aromatic heterocycles. The van der Waals surface area contributed by atoms with Crippen LogP contribution in [-0.4, -0.2) is 36.5 Å². The summed E-state index contributed by atoms with van der Waals surface area (Å²) in [5.74, 6) is 0.700. The largest absolute Gasteiger partial charge is 0.491 e. The molecule has 0 aliphatic heterocycles. The molecule has 0 saturated heterocycles. The molecular formula is C13H21BO4. The summed E-state index contributed by atoms with van der Waals surface area (Å²) in [4.78, 5) is 0.